The van der Waals surface area contributed by atoms with Crippen molar-refractivity contribution in [3.63, 3.8) is 0 Å². The number of piperidine rings is 1. The molecule has 0 radical (unpaired) electrons. The largest absolute Gasteiger partial charge is 0.492 e. The van der Waals surface area contributed by atoms with E-state index in [0.29, 0.717) is 41.6 Å². The van der Waals surface area contributed by atoms with E-state index in [-0.39, 0.29) is 11.7 Å². The molecule has 4 N–H and O–H groups in total. The Bertz CT molecular complexity index is 2050. The van der Waals surface area contributed by atoms with Crippen LogP contribution in [0.1, 0.15) is 19.3 Å². The molecular weight excluding hydrogens is 595 g/mol. The van der Waals surface area contributed by atoms with Gasteiger partial charge in [-0.15, -0.1) is 0 Å². The highest BCUT2D eigenvalue weighted by molar-refractivity contribution is 6.01. The maximum Gasteiger partial charge on any atom is 0.224 e. The van der Waals surface area contributed by atoms with Gasteiger partial charge < -0.3 is 25.3 Å². The highest BCUT2D eigenvalue weighted by atomic mass is 19.1. The smallest absolute Gasteiger partial charge is 0.224 e. The number of pyridine rings is 2. The van der Waals surface area contributed by atoms with Crippen molar-refractivity contribution in [2.45, 2.75) is 19.3 Å². The van der Waals surface area contributed by atoms with Crippen molar-refractivity contribution in [3.05, 3.63) is 79.0 Å². The second-order valence-corrected chi connectivity index (χ2v) is 12.4. The summed E-state index contributed by atoms with van der Waals surface area (Å²) in [4.78, 5) is 27.3. The van der Waals surface area contributed by atoms with Gasteiger partial charge in [0, 0.05) is 58.8 Å². The van der Waals surface area contributed by atoms with Gasteiger partial charge in [-0.1, -0.05) is 6.07 Å². The molecule has 0 bridgehead atoms. The summed E-state index contributed by atoms with van der Waals surface area (Å²) in [6.07, 6.45) is 7.74. The van der Waals surface area contributed by atoms with E-state index in [1.807, 2.05) is 55.4 Å². The minimum absolute atomic E-state index is 0.0161. The second kappa shape index (κ2) is 13.3. The van der Waals surface area contributed by atoms with Crippen molar-refractivity contribution in [1.29, 1.82) is 0 Å². The first-order valence-electron chi connectivity index (χ1n) is 15.9. The molecule has 1 aliphatic heterocycles. The molecule has 4 aromatic heterocycles. The van der Waals surface area contributed by atoms with E-state index in [9.17, 15) is 9.18 Å². The summed E-state index contributed by atoms with van der Waals surface area (Å²) < 4.78 is 20.5. The van der Waals surface area contributed by atoms with Crippen LogP contribution in [0.25, 0.3) is 55.6 Å². The van der Waals surface area contributed by atoms with E-state index in [1.165, 1.54) is 12.1 Å². The first-order valence-corrected chi connectivity index (χ1v) is 15.9. The van der Waals surface area contributed by atoms with Gasteiger partial charge in [-0.2, -0.15) is 5.10 Å². The number of benzene rings is 2. The Morgan fingerprint density at radius 2 is 1.81 bits per heavy atom. The van der Waals surface area contributed by atoms with Gasteiger partial charge in [-0.05, 0) is 94.0 Å². The minimum atomic E-state index is -0.386. The summed E-state index contributed by atoms with van der Waals surface area (Å²) in [7, 11) is 3.93. The number of nitrogens with zero attached hydrogens (tertiary/aromatic N) is 4. The number of nitrogens with one attached hydrogen (secondary N) is 4. The summed E-state index contributed by atoms with van der Waals surface area (Å²) in [5.74, 6) is 0.497. The van der Waals surface area contributed by atoms with Crippen LogP contribution >= 0.6 is 0 Å². The van der Waals surface area contributed by atoms with Gasteiger partial charge in [0.2, 0.25) is 5.91 Å². The quantitative estimate of drug-likeness (QED) is 0.141. The molecule has 0 spiro atoms. The van der Waals surface area contributed by atoms with Gasteiger partial charge in [0.15, 0.2) is 0 Å². The number of fused-ring (bicyclic) bond motifs is 2. The van der Waals surface area contributed by atoms with Crippen LogP contribution in [-0.2, 0) is 4.79 Å². The fraction of sp³-hybridized carbons (Fsp3) is 0.278. The van der Waals surface area contributed by atoms with Crippen LogP contribution in [0, 0.1) is 11.7 Å². The Morgan fingerprint density at radius 1 is 0.957 bits per heavy atom. The molecule has 1 aliphatic rings. The Balaban J connectivity index is 1.16. The molecule has 47 heavy (non-hydrogen) atoms. The number of H-pyrrole nitrogens is 2. The summed E-state index contributed by atoms with van der Waals surface area (Å²) in [6, 6.07) is 16.6. The fourth-order valence-electron chi connectivity index (χ4n) is 6.17. The van der Waals surface area contributed by atoms with Crippen LogP contribution in [0.5, 0.6) is 5.75 Å². The lowest BCUT2D eigenvalue weighted by atomic mass is 9.94. The van der Waals surface area contributed by atoms with Gasteiger partial charge in [0.1, 0.15) is 23.9 Å². The standard InChI is InChI=1S/C36H37FN8O2/c1-45(2)11-12-47-28-16-24(14-26(37)18-28)35-30-19-33(42-31(30)7-10-40-35)36-29-17-23(3-4-32(29)43-44-36)25-15-27(21-39-20-25)41-34(46)13-22-5-8-38-9-6-22/h3-4,7,10,14-22,38,42H,5-6,8-9,11-13H2,1-2H3,(H,41,46)(H,43,44). The van der Waals surface area contributed by atoms with E-state index in [2.05, 4.69) is 41.8 Å². The number of hydrogen-bond donors (Lipinski definition) is 4. The predicted octanol–water partition coefficient (Wildman–Crippen LogP) is 6.24. The van der Waals surface area contributed by atoms with Gasteiger partial charge in [0.05, 0.1) is 28.8 Å². The molecule has 0 aliphatic carbocycles. The van der Waals surface area contributed by atoms with Gasteiger partial charge in [-0.3, -0.25) is 19.9 Å². The zero-order valence-electron chi connectivity index (χ0n) is 26.4. The Kier molecular flexibility index (Phi) is 8.64. The Morgan fingerprint density at radius 3 is 2.66 bits per heavy atom. The molecule has 5 heterocycles. The molecule has 0 unspecified atom stereocenters. The van der Waals surface area contributed by atoms with Gasteiger partial charge in [-0.25, -0.2) is 4.39 Å². The number of aromatic nitrogens is 5. The third kappa shape index (κ3) is 6.86. The molecular formula is C36H37FN8O2. The number of aromatic amines is 2. The number of halogens is 1. The molecule has 7 rings (SSSR count). The molecule has 11 heteroatoms. The topological polar surface area (TPSA) is 124 Å². The average molecular weight is 633 g/mol. The van der Waals surface area contributed by atoms with Crippen molar-refractivity contribution in [2.24, 2.45) is 5.92 Å². The van der Waals surface area contributed by atoms with Crippen LogP contribution in [0.3, 0.4) is 0 Å². The summed E-state index contributed by atoms with van der Waals surface area (Å²) in [5, 5.41) is 15.9. The lowest BCUT2D eigenvalue weighted by Crippen LogP contribution is -2.30. The summed E-state index contributed by atoms with van der Waals surface area (Å²) >= 11 is 0. The maximum atomic E-state index is 14.7. The molecule has 1 amide bonds. The molecule has 1 fully saturated rings. The van der Waals surface area contributed by atoms with E-state index >= 15 is 0 Å². The number of carbonyl (C=O) groups is 1. The van der Waals surface area contributed by atoms with Crippen LogP contribution in [0.4, 0.5) is 10.1 Å². The number of amides is 1. The normalized spacial score (nSPS) is 13.9. The van der Waals surface area contributed by atoms with E-state index in [1.54, 1.807) is 18.6 Å². The summed E-state index contributed by atoms with van der Waals surface area (Å²) in [6.45, 7) is 3.09. The molecule has 6 aromatic rings. The molecule has 240 valence electrons. The number of anilines is 1. The molecule has 2 aromatic carbocycles. The number of rotatable bonds is 10. The fourth-order valence-corrected chi connectivity index (χ4v) is 6.17. The number of carbonyl (C=O) groups excluding carboxylic acids is 1. The SMILES string of the molecule is CN(C)CCOc1cc(F)cc(-c2nccc3[nH]c(-c4n[nH]c5ccc(-c6cncc(NC(=O)CC7CCNCC7)c6)cc45)cc23)c1. The molecule has 0 atom stereocenters. The van der Waals surface area contributed by atoms with Crippen LogP contribution < -0.4 is 15.4 Å². The first-order chi connectivity index (χ1) is 22.9. The van der Waals surface area contributed by atoms with Crippen molar-refractivity contribution in [3.8, 4) is 39.5 Å². The molecule has 0 saturated carbocycles. The van der Waals surface area contributed by atoms with Crippen molar-refractivity contribution >= 4 is 33.4 Å². The highest BCUT2D eigenvalue weighted by Crippen LogP contribution is 2.36. The summed E-state index contributed by atoms with van der Waals surface area (Å²) in [5.41, 5.74) is 7.06. The third-order valence-corrected chi connectivity index (χ3v) is 8.61. The second-order valence-electron chi connectivity index (χ2n) is 12.4. The number of likely N-dealkylation sites (N-methyl/N-ethyl adjacent to an activating group) is 1. The highest BCUT2D eigenvalue weighted by Gasteiger charge is 2.18. The van der Waals surface area contributed by atoms with E-state index < -0.39 is 0 Å². The molecule has 10 nitrogen and oxygen atoms in total. The number of ether oxygens (including phenoxy) is 1. The number of hydrogen-bond acceptors (Lipinski definition) is 7. The van der Waals surface area contributed by atoms with E-state index in [4.69, 9.17) is 4.74 Å². The van der Waals surface area contributed by atoms with Crippen LogP contribution in [0.2, 0.25) is 0 Å². The van der Waals surface area contributed by atoms with Crippen LogP contribution in [-0.4, -0.2) is 76.3 Å². The Labute approximate surface area is 271 Å². The lowest BCUT2D eigenvalue weighted by Gasteiger charge is -2.21. The maximum absolute atomic E-state index is 14.7. The third-order valence-electron chi connectivity index (χ3n) is 8.61. The van der Waals surface area contributed by atoms with Crippen molar-refractivity contribution in [2.75, 3.05) is 45.7 Å². The predicted molar refractivity (Wildman–Crippen MR) is 183 cm³/mol. The van der Waals surface area contributed by atoms with Crippen LogP contribution in [0.15, 0.2) is 73.2 Å². The van der Waals surface area contributed by atoms with Crippen molar-refractivity contribution in [1.82, 2.24) is 35.4 Å². The zero-order valence-corrected chi connectivity index (χ0v) is 26.4. The zero-order chi connectivity index (χ0) is 32.3. The Hall–Kier alpha value is -5.13. The minimum Gasteiger partial charge on any atom is -0.492 e. The monoisotopic (exact) mass is 632 g/mol. The van der Waals surface area contributed by atoms with Gasteiger partial charge in [0.25, 0.3) is 0 Å². The first kappa shape index (κ1) is 30.5. The van der Waals surface area contributed by atoms with Gasteiger partial charge >= 0.3 is 0 Å². The van der Waals surface area contributed by atoms with E-state index in [0.717, 1.165) is 76.8 Å². The molecule has 1 saturated heterocycles. The lowest BCUT2D eigenvalue weighted by molar-refractivity contribution is -0.117. The average Bonchev–Trinajstić information content (AvgIpc) is 3.69. The van der Waals surface area contributed by atoms with Crippen molar-refractivity contribution < 1.29 is 13.9 Å².